The Bertz CT molecular complexity index is 617. The summed E-state index contributed by atoms with van der Waals surface area (Å²) in [4.78, 5) is 14.3. The molecule has 1 unspecified atom stereocenters. The van der Waals surface area contributed by atoms with Crippen LogP contribution in [0.1, 0.15) is 12.5 Å². The minimum atomic E-state index is -0.437. The van der Waals surface area contributed by atoms with Gasteiger partial charge in [-0.1, -0.05) is 18.2 Å². The number of rotatable bonds is 6. The number of ether oxygens (including phenoxy) is 1. The highest BCUT2D eigenvalue weighted by atomic mass is 16.6. The number of pyridine rings is 1. The van der Waals surface area contributed by atoms with Crippen molar-refractivity contribution in [1.29, 1.82) is 0 Å². The van der Waals surface area contributed by atoms with E-state index < -0.39 is 4.92 Å². The van der Waals surface area contributed by atoms with Gasteiger partial charge in [-0.15, -0.1) is 0 Å². The molecule has 1 N–H and O–H groups in total. The molecular formula is C15H17N3O3. The second-order valence-electron chi connectivity index (χ2n) is 4.74. The van der Waals surface area contributed by atoms with Gasteiger partial charge < -0.3 is 10.1 Å². The third kappa shape index (κ3) is 4.17. The lowest BCUT2D eigenvalue weighted by atomic mass is 10.2. The molecule has 1 atom stereocenters. The van der Waals surface area contributed by atoms with Crippen molar-refractivity contribution in [3.8, 4) is 5.75 Å². The Hall–Kier alpha value is -2.63. The minimum absolute atomic E-state index is 0.0223. The molecule has 1 heterocycles. The lowest BCUT2D eigenvalue weighted by Crippen LogP contribution is -2.23. The van der Waals surface area contributed by atoms with Gasteiger partial charge >= 0.3 is 0 Å². The molecule has 2 aromatic rings. The number of hydrogen-bond acceptors (Lipinski definition) is 5. The van der Waals surface area contributed by atoms with Gasteiger partial charge in [-0.25, -0.2) is 4.98 Å². The highest BCUT2D eigenvalue weighted by Gasteiger charge is 2.12. The molecule has 21 heavy (non-hydrogen) atoms. The minimum Gasteiger partial charge on any atom is -0.489 e. The zero-order valence-corrected chi connectivity index (χ0v) is 11.9. The van der Waals surface area contributed by atoms with Gasteiger partial charge in [0.25, 0.3) is 5.69 Å². The van der Waals surface area contributed by atoms with E-state index in [-0.39, 0.29) is 11.8 Å². The molecule has 1 aromatic heterocycles. The van der Waals surface area contributed by atoms with Crippen LogP contribution in [0.2, 0.25) is 0 Å². The van der Waals surface area contributed by atoms with E-state index in [9.17, 15) is 10.1 Å². The van der Waals surface area contributed by atoms with Crippen molar-refractivity contribution in [1.82, 2.24) is 4.98 Å². The van der Waals surface area contributed by atoms with Gasteiger partial charge in [0.05, 0.1) is 11.5 Å². The fraction of sp³-hybridized carbons (Fsp3) is 0.267. The average molecular weight is 287 g/mol. The van der Waals surface area contributed by atoms with Crippen molar-refractivity contribution in [2.75, 3.05) is 11.9 Å². The van der Waals surface area contributed by atoms with Crippen molar-refractivity contribution < 1.29 is 9.66 Å². The molecule has 0 amide bonds. The van der Waals surface area contributed by atoms with Gasteiger partial charge in [0.15, 0.2) is 0 Å². The molecular weight excluding hydrogens is 270 g/mol. The number of para-hydroxylation sites is 1. The lowest BCUT2D eigenvalue weighted by molar-refractivity contribution is -0.385. The van der Waals surface area contributed by atoms with Crippen LogP contribution in [-0.2, 0) is 0 Å². The monoisotopic (exact) mass is 287 g/mol. The number of hydrogen-bond donors (Lipinski definition) is 1. The van der Waals surface area contributed by atoms with E-state index in [1.165, 1.54) is 6.20 Å². The summed E-state index contributed by atoms with van der Waals surface area (Å²) in [7, 11) is 0. The maximum absolute atomic E-state index is 10.7. The van der Waals surface area contributed by atoms with E-state index in [1.54, 1.807) is 13.0 Å². The van der Waals surface area contributed by atoms with Crippen LogP contribution < -0.4 is 10.1 Å². The molecule has 2 rings (SSSR count). The first-order chi connectivity index (χ1) is 10.1. The Morgan fingerprint density at radius 1 is 1.38 bits per heavy atom. The Balaban J connectivity index is 1.91. The van der Waals surface area contributed by atoms with Crippen molar-refractivity contribution in [2.24, 2.45) is 0 Å². The van der Waals surface area contributed by atoms with Crippen LogP contribution in [0.25, 0.3) is 0 Å². The average Bonchev–Trinajstić information content (AvgIpc) is 2.46. The molecule has 0 saturated carbocycles. The fourth-order valence-electron chi connectivity index (χ4n) is 1.86. The molecule has 0 aliphatic carbocycles. The normalized spacial score (nSPS) is 11.7. The van der Waals surface area contributed by atoms with Crippen LogP contribution in [0, 0.1) is 17.0 Å². The summed E-state index contributed by atoms with van der Waals surface area (Å²) in [6, 6.07) is 11.2. The Morgan fingerprint density at radius 2 is 2.10 bits per heavy atom. The number of nitro groups is 1. The number of anilines is 1. The molecule has 0 saturated heterocycles. The molecule has 6 nitrogen and oxygen atoms in total. The Morgan fingerprint density at radius 3 is 2.71 bits per heavy atom. The molecule has 0 aliphatic rings. The van der Waals surface area contributed by atoms with Crippen LogP contribution in [0.3, 0.4) is 0 Å². The number of benzene rings is 1. The number of nitrogens with one attached hydrogen (secondary N) is 1. The third-order valence-corrected chi connectivity index (χ3v) is 2.93. The summed E-state index contributed by atoms with van der Waals surface area (Å²) in [5.41, 5.74) is 0.600. The third-order valence-electron chi connectivity index (χ3n) is 2.93. The molecule has 110 valence electrons. The maximum Gasteiger partial charge on any atom is 0.290 e. The number of nitrogens with zero attached hydrogens (tertiary/aromatic N) is 2. The second kappa shape index (κ2) is 6.69. The van der Waals surface area contributed by atoms with Crippen LogP contribution in [0.5, 0.6) is 5.75 Å². The van der Waals surface area contributed by atoms with Gasteiger partial charge in [0.2, 0.25) is 0 Å². The van der Waals surface area contributed by atoms with Crippen LogP contribution in [-0.4, -0.2) is 22.6 Å². The quantitative estimate of drug-likeness (QED) is 0.652. The van der Waals surface area contributed by atoms with E-state index in [0.29, 0.717) is 17.9 Å². The number of aryl methyl sites for hydroxylation is 1. The van der Waals surface area contributed by atoms with E-state index >= 15 is 0 Å². The van der Waals surface area contributed by atoms with Crippen molar-refractivity contribution >= 4 is 11.5 Å². The number of aromatic nitrogens is 1. The van der Waals surface area contributed by atoms with Crippen LogP contribution in [0.15, 0.2) is 42.6 Å². The van der Waals surface area contributed by atoms with E-state index in [0.717, 1.165) is 5.75 Å². The van der Waals surface area contributed by atoms with Crippen LogP contribution in [0.4, 0.5) is 11.5 Å². The molecule has 0 bridgehead atoms. The molecule has 0 radical (unpaired) electrons. The maximum atomic E-state index is 10.7. The van der Waals surface area contributed by atoms with Crippen LogP contribution >= 0.6 is 0 Å². The van der Waals surface area contributed by atoms with Gasteiger partial charge in [-0.2, -0.15) is 0 Å². The van der Waals surface area contributed by atoms with E-state index in [2.05, 4.69) is 10.3 Å². The molecule has 0 aliphatic heterocycles. The second-order valence-corrected chi connectivity index (χ2v) is 4.74. The Kier molecular flexibility index (Phi) is 4.71. The molecule has 6 heteroatoms. The Labute approximate surface area is 122 Å². The standard InChI is InChI=1S/C15H17N3O3/c1-11-8-15(17-10-14(11)18(19)20)16-9-12(2)21-13-6-4-3-5-7-13/h3-8,10,12H,9H2,1-2H3,(H,16,17). The van der Waals surface area contributed by atoms with Gasteiger partial charge in [0, 0.05) is 5.56 Å². The highest BCUT2D eigenvalue weighted by molar-refractivity contribution is 5.46. The first-order valence-corrected chi connectivity index (χ1v) is 6.63. The van der Waals surface area contributed by atoms with E-state index in [4.69, 9.17) is 4.74 Å². The van der Waals surface area contributed by atoms with Crippen molar-refractivity contribution in [2.45, 2.75) is 20.0 Å². The summed E-state index contributed by atoms with van der Waals surface area (Å²) >= 11 is 0. The topological polar surface area (TPSA) is 77.3 Å². The van der Waals surface area contributed by atoms with Gasteiger partial charge in [-0.3, -0.25) is 10.1 Å². The predicted molar refractivity (Wildman–Crippen MR) is 80.7 cm³/mol. The highest BCUT2D eigenvalue weighted by Crippen LogP contribution is 2.19. The summed E-state index contributed by atoms with van der Waals surface area (Å²) in [5.74, 6) is 1.40. The molecule has 1 aromatic carbocycles. The molecule has 0 fully saturated rings. The predicted octanol–water partition coefficient (Wildman–Crippen LogP) is 3.18. The molecule has 0 spiro atoms. The first kappa shape index (κ1) is 14.8. The summed E-state index contributed by atoms with van der Waals surface area (Å²) in [6.07, 6.45) is 1.21. The smallest absolute Gasteiger partial charge is 0.290 e. The SMILES string of the molecule is Cc1cc(NCC(C)Oc2ccccc2)ncc1[N+](=O)[O-]. The fourth-order valence-corrected chi connectivity index (χ4v) is 1.86. The summed E-state index contributed by atoms with van der Waals surface area (Å²) < 4.78 is 5.73. The van der Waals surface area contributed by atoms with Gasteiger partial charge in [-0.05, 0) is 32.0 Å². The summed E-state index contributed by atoms with van der Waals surface area (Å²) in [5, 5.41) is 13.8. The lowest BCUT2D eigenvalue weighted by Gasteiger charge is -2.15. The van der Waals surface area contributed by atoms with Crippen molar-refractivity contribution in [3.63, 3.8) is 0 Å². The van der Waals surface area contributed by atoms with Gasteiger partial charge in [0.1, 0.15) is 23.9 Å². The summed E-state index contributed by atoms with van der Waals surface area (Å²) in [6.45, 7) is 4.19. The van der Waals surface area contributed by atoms with E-state index in [1.807, 2.05) is 37.3 Å². The van der Waals surface area contributed by atoms with Crippen molar-refractivity contribution in [3.05, 3.63) is 58.3 Å². The first-order valence-electron chi connectivity index (χ1n) is 6.63. The largest absolute Gasteiger partial charge is 0.489 e. The zero-order chi connectivity index (χ0) is 15.2. The zero-order valence-electron chi connectivity index (χ0n) is 11.9.